The van der Waals surface area contributed by atoms with Gasteiger partial charge in [-0.3, -0.25) is 0 Å². The average molecular weight is 165 g/mol. The van der Waals surface area contributed by atoms with Crippen LogP contribution in [0.5, 0.6) is 0 Å². The van der Waals surface area contributed by atoms with Crippen LogP contribution < -0.4 is 0 Å². The number of hydrogen-bond acceptors (Lipinski definition) is 3. The maximum absolute atomic E-state index is 11.3. The molecule has 0 amide bonds. The van der Waals surface area contributed by atoms with Crippen molar-refractivity contribution in [3.63, 3.8) is 0 Å². The van der Waals surface area contributed by atoms with Crippen LogP contribution >= 0.6 is 0 Å². The van der Waals surface area contributed by atoms with E-state index in [0.717, 1.165) is 0 Å². The van der Waals surface area contributed by atoms with E-state index in [9.17, 15) is 4.79 Å². The molecule has 2 atom stereocenters. The van der Waals surface area contributed by atoms with Crippen molar-refractivity contribution in [2.75, 3.05) is 6.61 Å². The van der Waals surface area contributed by atoms with Gasteiger partial charge < -0.3 is 0 Å². The van der Waals surface area contributed by atoms with Gasteiger partial charge in [-0.2, -0.15) is 0 Å². The molecular formula is C8H12BNO2. The molecular weight excluding hydrogens is 153 g/mol. The van der Waals surface area contributed by atoms with E-state index in [-0.39, 0.29) is 11.9 Å². The predicted molar refractivity (Wildman–Crippen MR) is 47.2 cm³/mol. The molecule has 64 valence electrons. The van der Waals surface area contributed by atoms with Crippen molar-refractivity contribution in [3.05, 3.63) is 12.7 Å². The first-order chi connectivity index (χ1) is 5.71. The van der Waals surface area contributed by atoms with Crippen LogP contribution in [0.1, 0.15) is 13.3 Å². The van der Waals surface area contributed by atoms with Gasteiger partial charge in [0, 0.05) is 0 Å². The van der Waals surface area contributed by atoms with E-state index >= 15 is 0 Å². The van der Waals surface area contributed by atoms with E-state index in [0.29, 0.717) is 13.0 Å². The second-order valence-corrected chi connectivity index (χ2v) is 2.85. The SMILES string of the molecule is B=NC1(C(=O)OCC)CC1C=C. The molecule has 12 heavy (non-hydrogen) atoms. The van der Waals surface area contributed by atoms with Gasteiger partial charge in [0.2, 0.25) is 0 Å². The quantitative estimate of drug-likeness (QED) is 0.347. The van der Waals surface area contributed by atoms with Gasteiger partial charge in [-0.05, 0) is 0 Å². The third kappa shape index (κ3) is 1.21. The molecule has 3 nitrogen and oxygen atoms in total. The summed E-state index contributed by atoms with van der Waals surface area (Å²) in [7, 11) is 3.40. The van der Waals surface area contributed by atoms with E-state index in [1.165, 1.54) is 0 Å². The van der Waals surface area contributed by atoms with Gasteiger partial charge in [0.15, 0.2) is 0 Å². The van der Waals surface area contributed by atoms with Crippen LogP contribution in [0.15, 0.2) is 17.6 Å². The Morgan fingerprint density at radius 2 is 2.67 bits per heavy atom. The van der Waals surface area contributed by atoms with Crippen LogP contribution in [-0.4, -0.2) is 25.8 Å². The van der Waals surface area contributed by atoms with Gasteiger partial charge in [-0.25, -0.2) is 0 Å². The first-order valence-electron chi connectivity index (χ1n) is 3.99. The normalized spacial score (nSPS) is 32.2. The van der Waals surface area contributed by atoms with E-state index in [2.05, 4.69) is 19.1 Å². The average Bonchev–Trinajstić information content (AvgIpc) is 2.80. The molecule has 0 saturated heterocycles. The Morgan fingerprint density at radius 1 is 2.00 bits per heavy atom. The number of esters is 1. The summed E-state index contributed by atoms with van der Waals surface area (Å²) in [5.74, 6) is -0.154. The van der Waals surface area contributed by atoms with E-state index in [4.69, 9.17) is 4.74 Å². The van der Waals surface area contributed by atoms with Crippen LogP contribution in [0.2, 0.25) is 0 Å². The Labute approximate surface area is 72.9 Å². The molecule has 1 aliphatic rings. The summed E-state index contributed by atoms with van der Waals surface area (Å²) in [5, 5.41) is 0. The van der Waals surface area contributed by atoms with Crippen LogP contribution in [0.25, 0.3) is 0 Å². The summed E-state index contributed by atoms with van der Waals surface area (Å²) in [6.45, 7) is 5.78. The van der Waals surface area contributed by atoms with Crippen molar-refractivity contribution in [2.45, 2.75) is 18.9 Å². The van der Waals surface area contributed by atoms with Gasteiger partial charge in [-0.15, -0.1) is 0 Å². The van der Waals surface area contributed by atoms with Crippen molar-refractivity contribution in [1.29, 1.82) is 0 Å². The van der Waals surface area contributed by atoms with Crippen molar-refractivity contribution in [1.82, 2.24) is 0 Å². The molecule has 1 saturated carbocycles. The van der Waals surface area contributed by atoms with Gasteiger partial charge >= 0.3 is 72.1 Å². The second kappa shape index (κ2) is 3.21. The minimum atomic E-state index is -0.697. The number of rotatable bonds is 4. The summed E-state index contributed by atoms with van der Waals surface area (Å²) in [4.78, 5) is 15.1. The van der Waals surface area contributed by atoms with Crippen LogP contribution in [0, 0.1) is 5.92 Å². The number of ether oxygens (including phenoxy) is 1. The first-order valence-corrected chi connectivity index (χ1v) is 3.99. The van der Waals surface area contributed by atoms with E-state index in [1.54, 1.807) is 13.0 Å². The van der Waals surface area contributed by atoms with Gasteiger partial charge in [0.05, 0.1) is 0 Å². The molecule has 1 aliphatic carbocycles. The molecule has 0 aromatic rings. The minimum absolute atomic E-state index is 0.119. The fourth-order valence-electron chi connectivity index (χ4n) is 1.29. The predicted octanol–water partition coefficient (Wildman–Crippen LogP) is 0.579. The Balaban J connectivity index is 2.65. The van der Waals surface area contributed by atoms with Crippen LogP contribution in [0.4, 0.5) is 0 Å². The molecule has 1 fully saturated rings. The van der Waals surface area contributed by atoms with Crippen LogP contribution in [-0.2, 0) is 9.53 Å². The number of carbonyl (C=O) groups excluding carboxylic acids is 1. The summed E-state index contributed by atoms with van der Waals surface area (Å²) < 4.78 is 4.87. The van der Waals surface area contributed by atoms with Crippen molar-refractivity contribution in [2.24, 2.45) is 10.8 Å². The number of nitrogens with zero attached hydrogens (tertiary/aromatic N) is 1. The van der Waals surface area contributed by atoms with Gasteiger partial charge in [0.25, 0.3) is 0 Å². The summed E-state index contributed by atoms with van der Waals surface area (Å²) >= 11 is 0. The van der Waals surface area contributed by atoms with Crippen molar-refractivity contribution >= 4 is 13.6 Å². The zero-order chi connectivity index (χ0) is 9.19. The summed E-state index contributed by atoms with van der Waals surface area (Å²) in [6.07, 6.45) is 2.42. The topological polar surface area (TPSA) is 38.7 Å². The molecule has 0 N–H and O–H groups in total. The van der Waals surface area contributed by atoms with Crippen LogP contribution in [0.3, 0.4) is 0 Å². The molecule has 0 aromatic carbocycles. The zero-order valence-corrected chi connectivity index (χ0v) is 7.25. The van der Waals surface area contributed by atoms with Crippen molar-refractivity contribution in [3.8, 4) is 0 Å². The Kier molecular flexibility index (Phi) is 2.45. The van der Waals surface area contributed by atoms with Gasteiger partial charge in [0.1, 0.15) is 0 Å². The number of hydrogen-bond donors (Lipinski definition) is 0. The first kappa shape index (κ1) is 9.17. The monoisotopic (exact) mass is 165 g/mol. The molecule has 0 spiro atoms. The third-order valence-corrected chi connectivity index (χ3v) is 2.18. The zero-order valence-electron chi connectivity index (χ0n) is 7.25. The Hall–Kier alpha value is -0.925. The third-order valence-electron chi connectivity index (χ3n) is 2.18. The summed E-state index contributed by atoms with van der Waals surface area (Å²) in [5.41, 5.74) is -0.697. The van der Waals surface area contributed by atoms with E-state index < -0.39 is 5.54 Å². The Bertz CT molecular complexity index is 229. The molecule has 0 aromatic heterocycles. The molecule has 4 heteroatoms. The molecule has 0 bridgehead atoms. The van der Waals surface area contributed by atoms with Gasteiger partial charge in [-0.1, -0.05) is 0 Å². The fourth-order valence-corrected chi connectivity index (χ4v) is 1.29. The molecule has 0 radical (unpaired) electrons. The summed E-state index contributed by atoms with van der Waals surface area (Å²) in [6, 6.07) is 0. The molecule has 2 unspecified atom stereocenters. The second-order valence-electron chi connectivity index (χ2n) is 2.85. The number of carbonyl (C=O) groups is 1. The molecule has 1 rings (SSSR count). The van der Waals surface area contributed by atoms with E-state index in [1.807, 2.05) is 0 Å². The Morgan fingerprint density at radius 3 is 3.00 bits per heavy atom. The van der Waals surface area contributed by atoms with Crippen molar-refractivity contribution < 1.29 is 9.53 Å². The standard InChI is InChI=1S/C8H12BNO2/c1-3-6-5-8(6,10-9)7(11)12-4-2/h3,6,9H,1,4-5H2,2H3. The molecule has 0 aliphatic heterocycles. The maximum atomic E-state index is 11.3. The molecule has 0 heterocycles. The fraction of sp³-hybridized carbons (Fsp3) is 0.625.